The van der Waals surface area contributed by atoms with Gasteiger partial charge in [-0.25, -0.2) is 4.68 Å². The summed E-state index contributed by atoms with van der Waals surface area (Å²) in [5.41, 5.74) is 2.90. The predicted octanol–water partition coefficient (Wildman–Crippen LogP) is 1.64. The van der Waals surface area contributed by atoms with Gasteiger partial charge in [0.05, 0.1) is 12.2 Å². The Morgan fingerprint density at radius 2 is 2.30 bits per heavy atom. The summed E-state index contributed by atoms with van der Waals surface area (Å²) < 4.78 is 1.62. The molecule has 0 spiro atoms. The highest BCUT2D eigenvalue weighted by atomic mass is 16.2. The maximum Gasteiger partial charge on any atom is 0.241 e. The molecule has 1 amide bonds. The minimum absolute atomic E-state index is 0.166. The number of carbonyl (C=O) groups is 1. The highest BCUT2D eigenvalue weighted by Crippen LogP contribution is 2.18. The summed E-state index contributed by atoms with van der Waals surface area (Å²) in [6, 6.07) is 5.89. The van der Waals surface area contributed by atoms with E-state index in [9.17, 15) is 4.79 Å². The maximum atomic E-state index is 12.3. The second-order valence-electron chi connectivity index (χ2n) is 6.20. The van der Waals surface area contributed by atoms with E-state index in [2.05, 4.69) is 27.8 Å². The van der Waals surface area contributed by atoms with Crippen molar-refractivity contribution in [2.45, 2.75) is 26.7 Å². The Labute approximate surface area is 135 Å². The number of amides is 1. The van der Waals surface area contributed by atoms with Gasteiger partial charge in [0.1, 0.15) is 6.33 Å². The van der Waals surface area contributed by atoms with E-state index in [1.165, 1.54) is 6.42 Å². The van der Waals surface area contributed by atoms with Crippen LogP contribution in [0.4, 0.5) is 5.69 Å². The predicted molar refractivity (Wildman–Crippen MR) is 87.4 cm³/mol. The number of rotatable bonds is 4. The van der Waals surface area contributed by atoms with Crippen molar-refractivity contribution in [2.75, 3.05) is 25.0 Å². The van der Waals surface area contributed by atoms with Gasteiger partial charge >= 0.3 is 0 Å². The van der Waals surface area contributed by atoms with E-state index in [1.807, 2.05) is 30.0 Å². The van der Waals surface area contributed by atoms with Crippen LogP contribution in [0, 0.1) is 12.8 Å². The fraction of sp³-hybridized carbons (Fsp3) is 0.500. The highest BCUT2D eigenvalue weighted by Gasteiger charge is 2.20. The van der Waals surface area contributed by atoms with Crippen LogP contribution in [0.25, 0.3) is 5.69 Å². The number of piperidine rings is 1. The highest BCUT2D eigenvalue weighted by molar-refractivity contribution is 5.81. The molecule has 3 rings (SSSR count). The number of carbonyl (C=O) groups excluding carboxylic acids is 1. The molecule has 1 saturated heterocycles. The number of anilines is 1. The molecule has 0 saturated carbocycles. The first-order valence-corrected chi connectivity index (χ1v) is 7.99. The zero-order valence-electron chi connectivity index (χ0n) is 13.6. The van der Waals surface area contributed by atoms with E-state index >= 15 is 0 Å². The zero-order chi connectivity index (χ0) is 16.2. The van der Waals surface area contributed by atoms with Crippen molar-refractivity contribution in [3.8, 4) is 5.69 Å². The lowest BCUT2D eigenvalue weighted by Gasteiger charge is -2.31. The SMILES string of the molecule is Cc1cc(NCC(=O)N2CCC[C@H](C)C2)ccc1-n1cnnn1. The van der Waals surface area contributed by atoms with Crippen LogP contribution in [0.1, 0.15) is 25.3 Å². The molecule has 2 aromatic rings. The topological polar surface area (TPSA) is 75.9 Å². The van der Waals surface area contributed by atoms with E-state index in [-0.39, 0.29) is 5.91 Å². The molecule has 0 bridgehead atoms. The number of tetrazole rings is 1. The lowest BCUT2D eigenvalue weighted by molar-refractivity contribution is -0.130. The van der Waals surface area contributed by atoms with Gasteiger partial charge in [0.25, 0.3) is 0 Å². The molecular formula is C16H22N6O. The minimum atomic E-state index is 0.166. The third kappa shape index (κ3) is 3.67. The number of hydrogen-bond acceptors (Lipinski definition) is 5. The van der Waals surface area contributed by atoms with E-state index in [4.69, 9.17) is 0 Å². The molecule has 7 nitrogen and oxygen atoms in total. The number of aryl methyl sites for hydroxylation is 1. The van der Waals surface area contributed by atoms with Gasteiger partial charge in [-0.1, -0.05) is 6.92 Å². The lowest BCUT2D eigenvalue weighted by atomic mass is 10.0. The molecule has 1 atom stereocenters. The first-order valence-electron chi connectivity index (χ1n) is 7.99. The number of nitrogens with zero attached hydrogens (tertiary/aromatic N) is 5. The Kier molecular flexibility index (Phi) is 4.55. The number of aromatic nitrogens is 4. The Morgan fingerprint density at radius 1 is 1.43 bits per heavy atom. The van der Waals surface area contributed by atoms with Crippen LogP contribution in [0.2, 0.25) is 0 Å². The molecule has 0 unspecified atom stereocenters. The minimum Gasteiger partial charge on any atom is -0.376 e. The molecule has 1 N–H and O–H groups in total. The van der Waals surface area contributed by atoms with E-state index < -0.39 is 0 Å². The van der Waals surface area contributed by atoms with Gasteiger partial charge in [0, 0.05) is 18.8 Å². The van der Waals surface area contributed by atoms with Gasteiger partial charge < -0.3 is 10.2 Å². The third-order valence-electron chi connectivity index (χ3n) is 4.25. The molecule has 1 aliphatic rings. The molecule has 1 aromatic carbocycles. The van der Waals surface area contributed by atoms with Crippen LogP contribution in [0.15, 0.2) is 24.5 Å². The quantitative estimate of drug-likeness (QED) is 0.928. The molecule has 2 heterocycles. The van der Waals surface area contributed by atoms with E-state index in [0.29, 0.717) is 12.5 Å². The first kappa shape index (κ1) is 15.5. The summed E-state index contributed by atoms with van der Waals surface area (Å²) >= 11 is 0. The normalized spacial score (nSPS) is 18.0. The maximum absolute atomic E-state index is 12.3. The Bertz CT molecular complexity index is 669. The second-order valence-corrected chi connectivity index (χ2v) is 6.20. The van der Waals surface area contributed by atoms with Crippen LogP contribution in [0.5, 0.6) is 0 Å². The largest absolute Gasteiger partial charge is 0.376 e. The average Bonchev–Trinajstić information content (AvgIpc) is 3.07. The van der Waals surface area contributed by atoms with Crippen LogP contribution in [-0.2, 0) is 4.79 Å². The molecular weight excluding hydrogens is 292 g/mol. The summed E-state index contributed by atoms with van der Waals surface area (Å²) in [5.74, 6) is 0.768. The summed E-state index contributed by atoms with van der Waals surface area (Å²) in [5, 5.41) is 14.4. The molecule has 1 fully saturated rings. The number of nitrogens with one attached hydrogen (secondary N) is 1. The van der Waals surface area contributed by atoms with Crippen molar-refractivity contribution in [3.63, 3.8) is 0 Å². The van der Waals surface area contributed by atoms with Crippen LogP contribution < -0.4 is 5.32 Å². The van der Waals surface area contributed by atoms with Crippen molar-refractivity contribution >= 4 is 11.6 Å². The summed E-state index contributed by atoms with van der Waals surface area (Å²) in [6.45, 7) is 6.28. The fourth-order valence-corrected chi connectivity index (χ4v) is 3.00. The van der Waals surface area contributed by atoms with Gasteiger partial charge in [0.2, 0.25) is 5.91 Å². The van der Waals surface area contributed by atoms with E-state index in [1.54, 1.807) is 11.0 Å². The molecule has 1 aliphatic heterocycles. The lowest BCUT2D eigenvalue weighted by Crippen LogP contribution is -2.41. The van der Waals surface area contributed by atoms with Crippen molar-refractivity contribution in [1.29, 1.82) is 0 Å². The first-order chi connectivity index (χ1) is 11.1. The molecule has 1 aromatic heterocycles. The van der Waals surface area contributed by atoms with Crippen LogP contribution in [0.3, 0.4) is 0 Å². The number of hydrogen-bond donors (Lipinski definition) is 1. The van der Waals surface area contributed by atoms with Gasteiger partial charge in [-0.15, -0.1) is 5.10 Å². The monoisotopic (exact) mass is 314 g/mol. The summed E-state index contributed by atoms with van der Waals surface area (Å²) in [7, 11) is 0. The Morgan fingerprint density at radius 3 is 3.00 bits per heavy atom. The Hall–Kier alpha value is -2.44. The molecule has 0 radical (unpaired) electrons. The van der Waals surface area contributed by atoms with Crippen molar-refractivity contribution in [3.05, 3.63) is 30.1 Å². The summed E-state index contributed by atoms with van der Waals surface area (Å²) in [6.07, 6.45) is 3.89. The molecule has 7 heteroatoms. The van der Waals surface area contributed by atoms with Crippen LogP contribution >= 0.6 is 0 Å². The Balaban J connectivity index is 1.60. The molecule has 0 aliphatic carbocycles. The van der Waals surface area contributed by atoms with Gasteiger partial charge in [-0.2, -0.15) is 0 Å². The third-order valence-corrected chi connectivity index (χ3v) is 4.25. The van der Waals surface area contributed by atoms with E-state index in [0.717, 1.165) is 36.4 Å². The molecule has 23 heavy (non-hydrogen) atoms. The second kappa shape index (κ2) is 6.76. The molecule has 122 valence electrons. The van der Waals surface area contributed by atoms with Crippen molar-refractivity contribution in [1.82, 2.24) is 25.1 Å². The van der Waals surface area contributed by atoms with Gasteiger partial charge in [0.15, 0.2) is 0 Å². The smallest absolute Gasteiger partial charge is 0.241 e. The zero-order valence-corrected chi connectivity index (χ0v) is 13.6. The van der Waals surface area contributed by atoms with Crippen LogP contribution in [-0.4, -0.2) is 50.6 Å². The standard InChI is InChI=1S/C16H22N6O/c1-12-4-3-7-21(10-12)16(23)9-17-14-5-6-15(13(2)8-14)22-11-18-19-20-22/h5-6,8,11-12,17H,3-4,7,9-10H2,1-2H3/t12-/m0/s1. The fourth-order valence-electron chi connectivity index (χ4n) is 3.00. The van der Waals surface area contributed by atoms with Crippen molar-refractivity contribution in [2.24, 2.45) is 5.92 Å². The average molecular weight is 314 g/mol. The van der Waals surface area contributed by atoms with Crippen molar-refractivity contribution < 1.29 is 4.79 Å². The number of likely N-dealkylation sites (tertiary alicyclic amines) is 1. The van der Waals surface area contributed by atoms with Gasteiger partial charge in [-0.05, 0) is 59.9 Å². The summed E-state index contributed by atoms with van der Waals surface area (Å²) in [4.78, 5) is 14.3. The van der Waals surface area contributed by atoms with Gasteiger partial charge in [-0.3, -0.25) is 4.79 Å². The number of benzene rings is 1.